The van der Waals surface area contributed by atoms with Crippen molar-refractivity contribution >= 4 is 11.7 Å². The topological polar surface area (TPSA) is 72.8 Å². The predicted octanol–water partition coefficient (Wildman–Crippen LogP) is 1.31. The lowest BCUT2D eigenvalue weighted by atomic mass is 10.3. The van der Waals surface area contributed by atoms with E-state index in [-0.39, 0.29) is 32.7 Å². The second-order valence-corrected chi connectivity index (χ2v) is 3.94. The molecule has 0 spiro atoms. The van der Waals surface area contributed by atoms with Crippen molar-refractivity contribution in [2.24, 2.45) is 0 Å². The van der Waals surface area contributed by atoms with E-state index in [1.54, 1.807) is 0 Å². The summed E-state index contributed by atoms with van der Waals surface area (Å²) in [6, 6.07) is 0.810. The summed E-state index contributed by atoms with van der Waals surface area (Å²) >= 11 is 0. The minimum absolute atomic E-state index is 0.0306. The molecule has 0 aliphatic heterocycles. The molecule has 0 atom stereocenters. The second-order valence-electron chi connectivity index (χ2n) is 3.94. The number of nitrogens with one attached hydrogen (secondary N) is 1. The van der Waals surface area contributed by atoms with E-state index < -0.39 is 29.2 Å². The SMILES string of the molecule is O=C(Nc1ccc(F)c(F)c1F)N(CCO)CCCO. The molecule has 0 saturated heterocycles. The van der Waals surface area contributed by atoms with E-state index in [0.717, 1.165) is 11.0 Å². The summed E-state index contributed by atoms with van der Waals surface area (Å²) in [5.41, 5.74) is -0.499. The molecule has 0 aromatic heterocycles. The van der Waals surface area contributed by atoms with Crippen LogP contribution in [0.2, 0.25) is 0 Å². The normalized spacial score (nSPS) is 10.4. The molecule has 1 aromatic carbocycles. The number of benzene rings is 1. The summed E-state index contributed by atoms with van der Waals surface area (Å²) in [5, 5.41) is 19.6. The third-order valence-corrected chi connectivity index (χ3v) is 2.52. The molecule has 1 aromatic rings. The molecular formula is C12H15F3N2O3. The number of aliphatic hydroxyl groups excluding tert-OH is 2. The Kier molecular flexibility index (Phi) is 6.26. The Labute approximate surface area is 113 Å². The van der Waals surface area contributed by atoms with E-state index in [9.17, 15) is 18.0 Å². The number of urea groups is 1. The van der Waals surface area contributed by atoms with Gasteiger partial charge in [-0.25, -0.2) is 18.0 Å². The Morgan fingerprint density at radius 1 is 1.10 bits per heavy atom. The Bertz CT molecular complexity index is 472. The lowest BCUT2D eigenvalue weighted by molar-refractivity contribution is 0.179. The number of nitrogens with zero attached hydrogens (tertiary/aromatic N) is 1. The van der Waals surface area contributed by atoms with Crippen molar-refractivity contribution in [2.75, 3.05) is 31.6 Å². The first-order valence-corrected chi connectivity index (χ1v) is 5.92. The van der Waals surface area contributed by atoms with Gasteiger partial charge in [-0.15, -0.1) is 0 Å². The van der Waals surface area contributed by atoms with Crippen molar-refractivity contribution < 1.29 is 28.2 Å². The molecule has 0 aliphatic carbocycles. The van der Waals surface area contributed by atoms with Crippen molar-refractivity contribution in [1.82, 2.24) is 4.90 Å². The molecule has 0 saturated carbocycles. The van der Waals surface area contributed by atoms with Gasteiger partial charge in [0.2, 0.25) is 0 Å². The number of aliphatic hydroxyl groups is 2. The molecule has 5 nitrogen and oxygen atoms in total. The van der Waals surface area contributed by atoms with Gasteiger partial charge in [-0.1, -0.05) is 0 Å². The number of amides is 2. The van der Waals surface area contributed by atoms with E-state index in [2.05, 4.69) is 5.32 Å². The molecule has 0 bridgehead atoms. The van der Waals surface area contributed by atoms with Crippen molar-refractivity contribution in [3.63, 3.8) is 0 Å². The summed E-state index contributed by atoms with van der Waals surface area (Å²) in [7, 11) is 0. The summed E-state index contributed by atoms with van der Waals surface area (Å²) in [5.74, 6) is -4.52. The van der Waals surface area contributed by atoms with Gasteiger partial charge < -0.3 is 20.4 Å². The Hall–Kier alpha value is -1.80. The number of rotatable bonds is 6. The molecule has 0 radical (unpaired) electrons. The third kappa shape index (κ3) is 4.10. The van der Waals surface area contributed by atoms with Gasteiger partial charge in [0.05, 0.1) is 12.3 Å². The molecule has 1 rings (SSSR count). The predicted molar refractivity (Wildman–Crippen MR) is 65.7 cm³/mol. The van der Waals surface area contributed by atoms with Crippen LogP contribution in [-0.4, -0.2) is 47.4 Å². The molecule has 0 unspecified atom stereocenters. The van der Waals surface area contributed by atoms with Crippen molar-refractivity contribution in [2.45, 2.75) is 6.42 Å². The quantitative estimate of drug-likeness (QED) is 0.692. The van der Waals surface area contributed by atoms with Gasteiger partial charge in [0, 0.05) is 19.7 Å². The van der Waals surface area contributed by atoms with E-state index in [0.29, 0.717) is 6.07 Å². The molecule has 0 fully saturated rings. The first-order valence-electron chi connectivity index (χ1n) is 5.92. The maximum atomic E-state index is 13.4. The first-order chi connectivity index (χ1) is 9.51. The number of carbonyl (C=O) groups is 1. The van der Waals surface area contributed by atoms with Crippen LogP contribution in [0.5, 0.6) is 0 Å². The van der Waals surface area contributed by atoms with Crippen LogP contribution >= 0.6 is 0 Å². The monoisotopic (exact) mass is 292 g/mol. The van der Waals surface area contributed by atoms with E-state index in [1.165, 1.54) is 0 Å². The number of halogens is 3. The average molecular weight is 292 g/mol. The number of anilines is 1. The van der Waals surface area contributed by atoms with Crippen LogP contribution in [0.1, 0.15) is 6.42 Å². The highest BCUT2D eigenvalue weighted by atomic mass is 19.2. The van der Waals surface area contributed by atoms with E-state index in [4.69, 9.17) is 10.2 Å². The van der Waals surface area contributed by atoms with Gasteiger partial charge in [-0.2, -0.15) is 0 Å². The standard InChI is InChI=1S/C12H15F3N2O3/c13-8-2-3-9(11(15)10(8)14)16-12(20)17(5-7-19)4-1-6-18/h2-3,18-19H,1,4-7H2,(H,16,20). The first kappa shape index (κ1) is 16.3. The minimum Gasteiger partial charge on any atom is -0.396 e. The Morgan fingerprint density at radius 2 is 1.80 bits per heavy atom. The highest BCUT2D eigenvalue weighted by Gasteiger charge is 2.18. The Balaban J connectivity index is 2.79. The fraction of sp³-hybridized carbons (Fsp3) is 0.417. The molecule has 0 aliphatic rings. The highest BCUT2D eigenvalue weighted by molar-refractivity contribution is 5.89. The fourth-order valence-corrected chi connectivity index (χ4v) is 1.51. The molecular weight excluding hydrogens is 277 g/mol. The highest BCUT2D eigenvalue weighted by Crippen LogP contribution is 2.19. The lowest BCUT2D eigenvalue weighted by Gasteiger charge is -2.22. The molecule has 20 heavy (non-hydrogen) atoms. The summed E-state index contributed by atoms with van der Waals surface area (Å²) in [4.78, 5) is 12.9. The van der Waals surface area contributed by atoms with Gasteiger partial charge in [0.1, 0.15) is 0 Å². The third-order valence-electron chi connectivity index (χ3n) is 2.52. The van der Waals surface area contributed by atoms with Crippen LogP contribution in [0, 0.1) is 17.5 Å². The maximum Gasteiger partial charge on any atom is 0.322 e. The summed E-state index contributed by atoms with van der Waals surface area (Å²) in [6.45, 7) is -0.376. The number of hydrogen-bond donors (Lipinski definition) is 3. The molecule has 3 N–H and O–H groups in total. The summed E-state index contributed by atoms with van der Waals surface area (Å²) < 4.78 is 39.1. The number of hydrogen-bond acceptors (Lipinski definition) is 3. The molecule has 112 valence electrons. The maximum absolute atomic E-state index is 13.4. The zero-order valence-electron chi connectivity index (χ0n) is 10.6. The van der Waals surface area contributed by atoms with Crippen molar-refractivity contribution in [3.05, 3.63) is 29.6 Å². The van der Waals surface area contributed by atoms with Gasteiger partial charge in [-0.05, 0) is 18.6 Å². The van der Waals surface area contributed by atoms with Crippen LogP contribution in [0.4, 0.5) is 23.7 Å². The van der Waals surface area contributed by atoms with Crippen LogP contribution in [0.15, 0.2) is 12.1 Å². The minimum atomic E-state index is -1.67. The largest absolute Gasteiger partial charge is 0.396 e. The summed E-state index contributed by atoms with van der Waals surface area (Å²) in [6.07, 6.45) is 0.272. The van der Waals surface area contributed by atoms with Crippen LogP contribution in [0.25, 0.3) is 0 Å². The van der Waals surface area contributed by atoms with Crippen LogP contribution in [-0.2, 0) is 0 Å². The van der Waals surface area contributed by atoms with Gasteiger partial charge >= 0.3 is 6.03 Å². The fourth-order valence-electron chi connectivity index (χ4n) is 1.51. The van der Waals surface area contributed by atoms with Crippen molar-refractivity contribution in [1.29, 1.82) is 0 Å². The van der Waals surface area contributed by atoms with Crippen LogP contribution in [0.3, 0.4) is 0 Å². The van der Waals surface area contributed by atoms with Crippen molar-refractivity contribution in [3.8, 4) is 0 Å². The van der Waals surface area contributed by atoms with Gasteiger partial charge in [-0.3, -0.25) is 0 Å². The average Bonchev–Trinajstić information content (AvgIpc) is 2.44. The molecule has 2 amide bonds. The van der Waals surface area contributed by atoms with Crippen LogP contribution < -0.4 is 5.32 Å². The van der Waals surface area contributed by atoms with E-state index in [1.807, 2.05) is 0 Å². The van der Waals surface area contributed by atoms with E-state index >= 15 is 0 Å². The molecule has 8 heteroatoms. The smallest absolute Gasteiger partial charge is 0.322 e. The zero-order chi connectivity index (χ0) is 15.1. The second kappa shape index (κ2) is 7.71. The van der Waals surface area contributed by atoms with Gasteiger partial charge in [0.15, 0.2) is 17.5 Å². The molecule has 0 heterocycles. The lowest BCUT2D eigenvalue weighted by Crippen LogP contribution is -2.38. The van der Waals surface area contributed by atoms with Gasteiger partial charge in [0.25, 0.3) is 0 Å². The zero-order valence-corrected chi connectivity index (χ0v) is 10.6. The Morgan fingerprint density at radius 3 is 2.40 bits per heavy atom. The number of carbonyl (C=O) groups excluding carboxylic acids is 1.